The second kappa shape index (κ2) is 3.65. The molecule has 0 saturated heterocycles. The largest absolute Gasteiger partial charge is 0.573 e. The lowest BCUT2D eigenvalue weighted by Gasteiger charge is -2.08. The number of halogens is 3. The lowest BCUT2D eigenvalue weighted by Crippen LogP contribution is -2.16. The molecule has 5 nitrogen and oxygen atoms in total. The third-order valence-corrected chi connectivity index (χ3v) is 2.05. The van der Waals surface area contributed by atoms with E-state index in [2.05, 4.69) is 14.9 Å². The summed E-state index contributed by atoms with van der Waals surface area (Å²) in [6.07, 6.45) is -4.82. The summed E-state index contributed by atoms with van der Waals surface area (Å²) >= 11 is 0. The normalized spacial score (nSPS) is 11.7. The molecule has 0 spiro atoms. The molecule has 8 heteroatoms. The third-order valence-electron chi connectivity index (χ3n) is 2.05. The molecule has 0 saturated carbocycles. The van der Waals surface area contributed by atoms with Gasteiger partial charge in [0.2, 0.25) is 5.88 Å². The van der Waals surface area contributed by atoms with E-state index >= 15 is 0 Å². The van der Waals surface area contributed by atoms with E-state index in [0.717, 1.165) is 12.1 Å². The average Bonchev–Trinajstić information content (AvgIpc) is 2.50. The first-order valence-corrected chi connectivity index (χ1v) is 4.34. The van der Waals surface area contributed by atoms with Crippen LogP contribution in [0.15, 0.2) is 23.4 Å². The van der Waals surface area contributed by atoms with Crippen molar-refractivity contribution in [3.05, 3.63) is 23.1 Å². The van der Waals surface area contributed by atoms with Crippen LogP contribution in [0, 0.1) is 4.91 Å². The summed E-state index contributed by atoms with van der Waals surface area (Å²) in [7, 11) is 0. The monoisotopic (exact) mass is 246 g/mol. The molecule has 1 aromatic heterocycles. The van der Waals surface area contributed by atoms with Gasteiger partial charge in [0.25, 0.3) is 0 Å². The molecule has 0 aliphatic carbocycles. The quantitative estimate of drug-likeness (QED) is 0.799. The average molecular weight is 246 g/mol. The van der Waals surface area contributed by atoms with E-state index in [1.165, 1.54) is 6.07 Å². The van der Waals surface area contributed by atoms with Crippen molar-refractivity contribution in [1.29, 1.82) is 0 Å². The maximum absolute atomic E-state index is 12.0. The summed E-state index contributed by atoms with van der Waals surface area (Å²) in [4.78, 5) is 12.8. The molecule has 0 aliphatic heterocycles. The van der Waals surface area contributed by atoms with Gasteiger partial charge >= 0.3 is 6.36 Å². The Labute approximate surface area is 91.8 Å². The molecule has 0 aliphatic rings. The number of hydrogen-bond acceptors (Lipinski definition) is 4. The highest BCUT2D eigenvalue weighted by molar-refractivity contribution is 5.95. The Kier molecular flexibility index (Phi) is 2.41. The van der Waals surface area contributed by atoms with Crippen LogP contribution in [0.2, 0.25) is 0 Å². The summed E-state index contributed by atoms with van der Waals surface area (Å²) in [5.41, 5.74) is -0.0701. The summed E-state index contributed by atoms with van der Waals surface area (Å²) in [5.74, 6) is -0.993. The number of aromatic hydroxyl groups is 1. The van der Waals surface area contributed by atoms with Crippen molar-refractivity contribution in [3.63, 3.8) is 0 Å². The fourth-order valence-corrected chi connectivity index (χ4v) is 1.43. The van der Waals surface area contributed by atoms with Crippen molar-refractivity contribution in [2.24, 2.45) is 5.18 Å². The van der Waals surface area contributed by atoms with Crippen LogP contribution in [-0.2, 0) is 0 Å². The molecule has 0 unspecified atom stereocenters. The highest BCUT2D eigenvalue weighted by atomic mass is 19.4. The first kappa shape index (κ1) is 11.2. The van der Waals surface area contributed by atoms with Gasteiger partial charge in [-0.1, -0.05) is 0 Å². The standard InChI is InChI=1S/C9H5F3N2O3/c10-9(11,12)17-4-1-2-6-5(3-4)7(14-16)8(15)13-6/h1-3,13,15H. The number of nitrogens with one attached hydrogen (secondary N) is 1. The summed E-state index contributed by atoms with van der Waals surface area (Å²) in [6.45, 7) is 0. The molecular weight excluding hydrogens is 241 g/mol. The molecule has 0 bridgehead atoms. The van der Waals surface area contributed by atoms with Crippen molar-refractivity contribution in [2.75, 3.05) is 0 Å². The zero-order chi connectivity index (χ0) is 12.6. The maximum Gasteiger partial charge on any atom is 0.573 e. The summed E-state index contributed by atoms with van der Waals surface area (Å²) < 4.78 is 39.6. The Morgan fingerprint density at radius 3 is 2.65 bits per heavy atom. The number of rotatable bonds is 2. The van der Waals surface area contributed by atoms with Crippen molar-refractivity contribution >= 4 is 16.6 Å². The fraction of sp³-hybridized carbons (Fsp3) is 0.111. The minimum absolute atomic E-state index is 0.0549. The second-order valence-electron chi connectivity index (χ2n) is 3.17. The van der Waals surface area contributed by atoms with E-state index < -0.39 is 18.0 Å². The highest BCUT2D eigenvalue weighted by Gasteiger charge is 2.31. The van der Waals surface area contributed by atoms with E-state index in [-0.39, 0.29) is 16.6 Å². The van der Waals surface area contributed by atoms with Crippen molar-refractivity contribution in [1.82, 2.24) is 4.98 Å². The minimum Gasteiger partial charge on any atom is -0.493 e. The van der Waals surface area contributed by atoms with Crippen LogP contribution in [0.3, 0.4) is 0 Å². The predicted octanol–water partition coefficient (Wildman–Crippen LogP) is 3.17. The van der Waals surface area contributed by atoms with Gasteiger partial charge in [0, 0.05) is 5.39 Å². The first-order chi connectivity index (χ1) is 7.90. The molecule has 0 atom stereocenters. The molecule has 17 heavy (non-hydrogen) atoms. The Bertz CT molecular complexity index is 577. The number of hydrogen-bond donors (Lipinski definition) is 2. The van der Waals surface area contributed by atoms with E-state index in [9.17, 15) is 23.2 Å². The van der Waals surface area contributed by atoms with E-state index in [1.54, 1.807) is 0 Å². The van der Waals surface area contributed by atoms with Gasteiger partial charge in [0.05, 0.1) is 5.52 Å². The van der Waals surface area contributed by atoms with Gasteiger partial charge in [0.15, 0.2) is 5.69 Å². The number of ether oxygens (including phenoxy) is 1. The molecule has 0 radical (unpaired) electrons. The van der Waals surface area contributed by atoms with Gasteiger partial charge in [-0.3, -0.25) is 0 Å². The Morgan fingerprint density at radius 2 is 2.06 bits per heavy atom. The fourth-order valence-electron chi connectivity index (χ4n) is 1.43. The van der Waals surface area contributed by atoms with Gasteiger partial charge in [-0.2, -0.15) is 0 Å². The molecule has 1 heterocycles. The zero-order valence-corrected chi connectivity index (χ0v) is 8.08. The molecule has 1 aromatic carbocycles. The number of nitroso groups, excluding NO2 is 1. The SMILES string of the molecule is O=Nc1c(O)[nH]c2ccc(OC(F)(F)F)cc12. The molecule has 2 aromatic rings. The van der Waals surface area contributed by atoms with Crippen LogP contribution in [0.25, 0.3) is 10.9 Å². The van der Waals surface area contributed by atoms with Crippen LogP contribution in [-0.4, -0.2) is 16.5 Å². The van der Waals surface area contributed by atoms with Crippen LogP contribution >= 0.6 is 0 Å². The Hall–Kier alpha value is -2.25. The lowest BCUT2D eigenvalue weighted by molar-refractivity contribution is -0.274. The summed E-state index contributed by atoms with van der Waals surface area (Å²) in [5, 5.41) is 11.8. The first-order valence-electron chi connectivity index (χ1n) is 4.34. The van der Waals surface area contributed by atoms with Crippen LogP contribution in [0.5, 0.6) is 11.6 Å². The maximum atomic E-state index is 12.0. The topological polar surface area (TPSA) is 74.7 Å². The number of aromatic nitrogens is 1. The van der Waals surface area contributed by atoms with E-state index in [1.807, 2.05) is 0 Å². The zero-order valence-electron chi connectivity index (χ0n) is 8.08. The highest BCUT2D eigenvalue weighted by Crippen LogP contribution is 2.37. The number of nitrogens with zero attached hydrogens (tertiary/aromatic N) is 1. The van der Waals surface area contributed by atoms with Gasteiger partial charge in [0.1, 0.15) is 5.75 Å². The lowest BCUT2D eigenvalue weighted by atomic mass is 10.2. The Balaban J connectivity index is 2.52. The summed E-state index contributed by atoms with van der Waals surface area (Å²) in [6, 6.07) is 3.26. The number of aromatic amines is 1. The smallest absolute Gasteiger partial charge is 0.493 e. The molecule has 2 rings (SSSR count). The van der Waals surface area contributed by atoms with Gasteiger partial charge in [-0.15, -0.1) is 18.1 Å². The molecular formula is C9H5F3N2O3. The second-order valence-corrected chi connectivity index (χ2v) is 3.17. The van der Waals surface area contributed by atoms with E-state index in [0.29, 0.717) is 0 Å². The molecule has 0 amide bonds. The molecule has 0 fully saturated rings. The number of benzene rings is 1. The predicted molar refractivity (Wildman–Crippen MR) is 52.1 cm³/mol. The third kappa shape index (κ3) is 2.14. The number of alkyl halides is 3. The molecule has 2 N–H and O–H groups in total. The Morgan fingerprint density at radius 1 is 1.35 bits per heavy atom. The van der Waals surface area contributed by atoms with Crippen LogP contribution < -0.4 is 4.74 Å². The van der Waals surface area contributed by atoms with Gasteiger partial charge in [-0.05, 0) is 23.4 Å². The van der Waals surface area contributed by atoms with Crippen LogP contribution in [0.4, 0.5) is 18.9 Å². The minimum atomic E-state index is -4.82. The number of fused-ring (bicyclic) bond motifs is 1. The number of H-pyrrole nitrogens is 1. The van der Waals surface area contributed by atoms with Gasteiger partial charge in [-0.25, -0.2) is 0 Å². The van der Waals surface area contributed by atoms with Crippen molar-refractivity contribution in [2.45, 2.75) is 6.36 Å². The van der Waals surface area contributed by atoms with Gasteiger partial charge < -0.3 is 14.8 Å². The van der Waals surface area contributed by atoms with Crippen molar-refractivity contribution in [3.8, 4) is 11.6 Å². The van der Waals surface area contributed by atoms with Crippen molar-refractivity contribution < 1.29 is 23.0 Å². The van der Waals surface area contributed by atoms with E-state index in [4.69, 9.17) is 0 Å². The molecule has 90 valence electrons. The van der Waals surface area contributed by atoms with Crippen LogP contribution in [0.1, 0.15) is 0 Å².